The highest BCUT2D eigenvalue weighted by Gasteiger charge is 2.35. The molecular formula is C18H23NO4. The fourth-order valence-electron chi connectivity index (χ4n) is 2.92. The highest BCUT2D eigenvalue weighted by molar-refractivity contribution is 5.77. The Balaban J connectivity index is 1.67. The van der Waals surface area contributed by atoms with Gasteiger partial charge in [-0.15, -0.1) is 0 Å². The number of para-hydroxylation sites is 1. The smallest absolute Gasteiger partial charge is 0.410 e. The number of amides is 1. The molecule has 2 atom stereocenters. The second-order valence-corrected chi connectivity index (χ2v) is 7.11. The van der Waals surface area contributed by atoms with Gasteiger partial charge in [0.25, 0.3) is 0 Å². The number of likely N-dealkylation sites (tertiary alicyclic amines) is 1. The first-order chi connectivity index (χ1) is 10.8. The van der Waals surface area contributed by atoms with Crippen molar-refractivity contribution in [2.24, 2.45) is 5.92 Å². The van der Waals surface area contributed by atoms with Crippen LogP contribution in [0.25, 0.3) is 11.0 Å². The lowest BCUT2D eigenvalue weighted by Crippen LogP contribution is -2.35. The Kier molecular flexibility index (Phi) is 4.06. The Morgan fingerprint density at radius 2 is 2.13 bits per heavy atom. The van der Waals surface area contributed by atoms with E-state index in [1.54, 1.807) is 4.90 Å². The van der Waals surface area contributed by atoms with Crippen molar-refractivity contribution >= 4 is 17.1 Å². The van der Waals surface area contributed by atoms with Gasteiger partial charge in [-0.1, -0.05) is 18.2 Å². The minimum Gasteiger partial charge on any atom is -0.458 e. The third-order valence-electron chi connectivity index (χ3n) is 4.06. The molecule has 0 radical (unpaired) electrons. The highest BCUT2D eigenvalue weighted by Crippen LogP contribution is 2.33. The maximum absolute atomic E-state index is 12.1. The van der Waals surface area contributed by atoms with Crippen molar-refractivity contribution in [3.63, 3.8) is 0 Å². The molecule has 0 aliphatic carbocycles. The summed E-state index contributed by atoms with van der Waals surface area (Å²) in [6, 6.07) is 9.55. The summed E-state index contributed by atoms with van der Waals surface area (Å²) in [5.74, 6) is 0.519. The average Bonchev–Trinajstić information content (AvgIpc) is 3.11. The number of carbonyl (C=O) groups is 1. The van der Waals surface area contributed by atoms with Gasteiger partial charge in [0.2, 0.25) is 0 Å². The molecule has 2 aromatic rings. The van der Waals surface area contributed by atoms with Crippen LogP contribution in [-0.4, -0.2) is 34.8 Å². The van der Waals surface area contributed by atoms with Gasteiger partial charge >= 0.3 is 6.09 Å². The lowest BCUT2D eigenvalue weighted by molar-refractivity contribution is 0.0261. The minimum atomic E-state index is -0.713. The summed E-state index contributed by atoms with van der Waals surface area (Å²) in [6.07, 6.45) is -0.302. The van der Waals surface area contributed by atoms with Gasteiger partial charge in [0.05, 0.1) is 0 Å². The van der Waals surface area contributed by atoms with E-state index in [1.807, 2.05) is 51.1 Å². The van der Waals surface area contributed by atoms with Gasteiger partial charge < -0.3 is 19.2 Å². The molecule has 1 N–H and O–H groups in total. The maximum Gasteiger partial charge on any atom is 0.410 e. The van der Waals surface area contributed by atoms with Crippen molar-refractivity contribution in [2.45, 2.75) is 38.9 Å². The molecule has 1 fully saturated rings. The summed E-state index contributed by atoms with van der Waals surface area (Å²) in [4.78, 5) is 13.8. The Morgan fingerprint density at radius 3 is 2.83 bits per heavy atom. The van der Waals surface area contributed by atoms with Crippen LogP contribution in [0, 0.1) is 5.92 Å². The molecule has 0 bridgehead atoms. The summed E-state index contributed by atoms with van der Waals surface area (Å²) in [5, 5.41) is 11.6. The molecule has 2 heterocycles. The predicted molar refractivity (Wildman–Crippen MR) is 87.1 cm³/mol. The average molecular weight is 317 g/mol. The Labute approximate surface area is 135 Å². The molecule has 0 saturated carbocycles. The number of benzene rings is 1. The van der Waals surface area contributed by atoms with Crippen LogP contribution in [0.15, 0.2) is 34.7 Å². The third-order valence-corrected chi connectivity index (χ3v) is 4.06. The van der Waals surface area contributed by atoms with Crippen molar-refractivity contribution in [1.29, 1.82) is 0 Å². The number of furan rings is 1. The molecule has 5 heteroatoms. The second kappa shape index (κ2) is 5.89. The van der Waals surface area contributed by atoms with Crippen LogP contribution in [0.1, 0.15) is 39.1 Å². The molecule has 5 nitrogen and oxygen atoms in total. The van der Waals surface area contributed by atoms with E-state index in [4.69, 9.17) is 9.15 Å². The van der Waals surface area contributed by atoms with Crippen molar-refractivity contribution in [1.82, 2.24) is 4.90 Å². The predicted octanol–water partition coefficient (Wildman–Crippen LogP) is 3.72. The minimum absolute atomic E-state index is 0.0388. The monoisotopic (exact) mass is 317 g/mol. The maximum atomic E-state index is 12.1. The van der Waals surface area contributed by atoms with Crippen LogP contribution >= 0.6 is 0 Å². The van der Waals surface area contributed by atoms with Gasteiger partial charge in [-0.3, -0.25) is 0 Å². The van der Waals surface area contributed by atoms with Crippen LogP contribution in [0.4, 0.5) is 4.79 Å². The van der Waals surface area contributed by atoms with Crippen molar-refractivity contribution < 1.29 is 19.1 Å². The van der Waals surface area contributed by atoms with E-state index in [-0.39, 0.29) is 12.0 Å². The largest absolute Gasteiger partial charge is 0.458 e. The fourth-order valence-corrected chi connectivity index (χ4v) is 2.92. The molecule has 1 amide bonds. The number of carbonyl (C=O) groups excluding carboxylic acids is 1. The van der Waals surface area contributed by atoms with Gasteiger partial charge in [-0.05, 0) is 39.3 Å². The molecule has 124 valence electrons. The summed E-state index contributed by atoms with van der Waals surface area (Å²) < 4.78 is 11.1. The lowest BCUT2D eigenvalue weighted by atomic mass is 9.99. The zero-order valence-electron chi connectivity index (χ0n) is 13.8. The summed E-state index contributed by atoms with van der Waals surface area (Å²) in [7, 11) is 0. The first-order valence-electron chi connectivity index (χ1n) is 7.98. The molecule has 3 rings (SSSR count). The van der Waals surface area contributed by atoms with Gasteiger partial charge in [-0.2, -0.15) is 0 Å². The fraction of sp³-hybridized carbons (Fsp3) is 0.500. The van der Waals surface area contributed by atoms with Gasteiger partial charge in [0.15, 0.2) is 0 Å². The van der Waals surface area contributed by atoms with Crippen molar-refractivity contribution in [3.05, 3.63) is 36.1 Å². The summed E-state index contributed by atoms with van der Waals surface area (Å²) in [6.45, 7) is 6.62. The Morgan fingerprint density at radius 1 is 1.39 bits per heavy atom. The highest BCUT2D eigenvalue weighted by atomic mass is 16.6. The number of hydrogen-bond acceptors (Lipinski definition) is 4. The molecule has 23 heavy (non-hydrogen) atoms. The van der Waals surface area contributed by atoms with Crippen LogP contribution in [0.3, 0.4) is 0 Å². The quantitative estimate of drug-likeness (QED) is 0.917. The molecular weight excluding hydrogens is 294 g/mol. The van der Waals surface area contributed by atoms with E-state index in [1.165, 1.54) is 0 Å². The van der Waals surface area contributed by atoms with Gasteiger partial charge in [-0.25, -0.2) is 4.79 Å². The first-order valence-corrected chi connectivity index (χ1v) is 7.98. The number of ether oxygens (including phenoxy) is 1. The number of rotatable bonds is 2. The molecule has 1 saturated heterocycles. The molecule has 1 aromatic heterocycles. The van der Waals surface area contributed by atoms with Crippen molar-refractivity contribution in [2.75, 3.05) is 13.1 Å². The lowest BCUT2D eigenvalue weighted by Gasteiger charge is -2.24. The van der Waals surface area contributed by atoms with E-state index >= 15 is 0 Å². The zero-order valence-corrected chi connectivity index (χ0v) is 13.8. The van der Waals surface area contributed by atoms with Gasteiger partial charge in [0.1, 0.15) is 23.0 Å². The normalized spacial score (nSPS) is 20.0. The number of aliphatic hydroxyl groups excluding tert-OH is 1. The Bertz CT molecular complexity index is 667. The second-order valence-electron chi connectivity index (χ2n) is 7.11. The first kappa shape index (κ1) is 15.9. The molecule has 2 unspecified atom stereocenters. The number of hydrogen-bond donors (Lipinski definition) is 1. The summed E-state index contributed by atoms with van der Waals surface area (Å²) in [5.41, 5.74) is 0.260. The topological polar surface area (TPSA) is 62.9 Å². The molecule has 1 aliphatic rings. The SMILES string of the molecule is CC(C)(C)OC(=O)N1CCC(C(O)c2cc3ccccc3o2)C1. The van der Waals surface area contributed by atoms with E-state index in [0.29, 0.717) is 18.8 Å². The number of fused-ring (bicyclic) bond motifs is 1. The summed E-state index contributed by atoms with van der Waals surface area (Å²) >= 11 is 0. The number of aliphatic hydroxyl groups is 1. The standard InChI is InChI=1S/C18H23NO4/c1-18(2,3)23-17(21)19-9-8-13(11-19)16(20)15-10-12-6-4-5-7-14(12)22-15/h4-7,10,13,16,20H,8-9,11H2,1-3H3. The van der Waals surface area contributed by atoms with Crippen LogP contribution < -0.4 is 0 Å². The van der Waals surface area contributed by atoms with E-state index in [0.717, 1.165) is 17.4 Å². The van der Waals surface area contributed by atoms with Gasteiger partial charge in [0, 0.05) is 24.4 Å². The molecule has 1 aromatic carbocycles. The Hall–Kier alpha value is -2.01. The van der Waals surface area contributed by atoms with E-state index in [9.17, 15) is 9.90 Å². The zero-order chi connectivity index (χ0) is 16.6. The third kappa shape index (κ3) is 3.50. The molecule has 1 aliphatic heterocycles. The van der Waals surface area contributed by atoms with Crippen molar-refractivity contribution in [3.8, 4) is 0 Å². The number of nitrogens with zero attached hydrogens (tertiary/aromatic N) is 1. The van der Waals surface area contributed by atoms with E-state index < -0.39 is 11.7 Å². The van der Waals surface area contributed by atoms with Crippen LogP contribution in [0.2, 0.25) is 0 Å². The van der Waals surface area contributed by atoms with Crippen LogP contribution in [-0.2, 0) is 4.74 Å². The van der Waals surface area contributed by atoms with Crippen LogP contribution in [0.5, 0.6) is 0 Å². The molecule has 0 spiro atoms. The van der Waals surface area contributed by atoms with E-state index in [2.05, 4.69) is 0 Å².